The molecule has 0 N–H and O–H groups in total. The van der Waals surface area contributed by atoms with Gasteiger partial charge in [0.15, 0.2) is 5.58 Å². The van der Waals surface area contributed by atoms with E-state index < -0.39 is 0 Å². The summed E-state index contributed by atoms with van der Waals surface area (Å²) in [5.74, 6) is 2.45. The van der Waals surface area contributed by atoms with Gasteiger partial charge in [0.05, 0.1) is 0 Å². The molecule has 0 bridgehead atoms. The highest BCUT2D eigenvalue weighted by Gasteiger charge is 2.33. The van der Waals surface area contributed by atoms with Crippen LogP contribution < -0.4 is 0 Å². The number of nitrogens with zero attached hydrogens (tertiary/aromatic N) is 1. The average Bonchev–Trinajstić information content (AvgIpc) is 3.06. The summed E-state index contributed by atoms with van der Waals surface area (Å²) in [7, 11) is 0. The summed E-state index contributed by atoms with van der Waals surface area (Å²) in [6.07, 6.45) is 7.78. The predicted octanol–water partition coefficient (Wildman–Crippen LogP) is 5.89. The molecule has 2 unspecified atom stereocenters. The van der Waals surface area contributed by atoms with Crippen LogP contribution >= 0.6 is 0 Å². The number of aryl methyl sites for hydroxylation is 2. The van der Waals surface area contributed by atoms with E-state index in [2.05, 4.69) is 19.1 Å². The Kier molecular flexibility index (Phi) is 3.26. The van der Waals surface area contributed by atoms with Crippen LogP contribution in [0.15, 0.2) is 40.8 Å². The molecule has 0 amide bonds. The molecule has 1 heterocycles. The molecule has 0 saturated carbocycles. The number of hydrogen-bond acceptors (Lipinski definition) is 2. The molecule has 2 nitrogen and oxygen atoms in total. The lowest BCUT2D eigenvalue weighted by atomic mass is 9.67. The van der Waals surface area contributed by atoms with E-state index in [1.165, 1.54) is 38.5 Å². The lowest BCUT2D eigenvalue weighted by molar-refractivity contribution is 0.326. The Morgan fingerprint density at radius 3 is 2.75 bits per heavy atom. The molecule has 0 saturated heterocycles. The predicted molar refractivity (Wildman–Crippen MR) is 97.2 cm³/mol. The van der Waals surface area contributed by atoms with E-state index in [1.807, 2.05) is 24.3 Å². The van der Waals surface area contributed by atoms with Crippen molar-refractivity contribution in [2.24, 2.45) is 5.92 Å². The van der Waals surface area contributed by atoms with Crippen LogP contribution in [0.2, 0.25) is 0 Å². The SMILES string of the molecule is CCC1CCc2cc(-c3nc4ccccc4o3)cc3c2C1CCC3. The van der Waals surface area contributed by atoms with Crippen molar-refractivity contribution >= 4 is 11.1 Å². The first kappa shape index (κ1) is 14.3. The van der Waals surface area contributed by atoms with Crippen LogP contribution in [-0.4, -0.2) is 4.98 Å². The number of oxazole rings is 1. The highest BCUT2D eigenvalue weighted by molar-refractivity contribution is 5.76. The Labute approximate surface area is 142 Å². The zero-order valence-corrected chi connectivity index (χ0v) is 14.2. The average molecular weight is 317 g/mol. The van der Waals surface area contributed by atoms with Crippen molar-refractivity contribution in [3.05, 3.63) is 53.1 Å². The van der Waals surface area contributed by atoms with Gasteiger partial charge in [-0.2, -0.15) is 0 Å². The van der Waals surface area contributed by atoms with Crippen molar-refractivity contribution in [1.29, 1.82) is 0 Å². The third-order valence-corrected chi connectivity index (χ3v) is 6.10. The summed E-state index contributed by atoms with van der Waals surface area (Å²) in [5.41, 5.74) is 7.78. The van der Waals surface area contributed by atoms with Crippen molar-refractivity contribution in [1.82, 2.24) is 4.98 Å². The van der Waals surface area contributed by atoms with Gasteiger partial charge in [-0.25, -0.2) is 4.98 Å². The zero-order valence-electron chi connectivity index (χ0n) is 14.2. The van der Waals surface area contributed by atoms with Crippen molar-refractivity contribution in [2.75, 3.05) is 0 Å². The van der Waals surface area contributed by atoms with E-state index in [-0.39, 0.29) is 0 Å². The second kappa shape index (κ2) is 5.47. The summed E-state index contributed by atoms with van der Waals surface area (Å²) < 4.78 is 6.02. The molecule has 2 aliphatic rings. The first-order valence-corrected chi connectivity index (χ1v) is 9.35. The minimum atomic E-state index is 0.773. The quantitative estimate of drug-likeness (QED) is 0.589. The van der Waals surface area contributed by atoms with Gasteiger partial charge < -0.3 is 4.42 Å². The van der Waals surface area contributed by atoms with E-state index in [4.69, 9.17) is 9.40 Å². The minimum Gasteiger partial charge on any atom is -0.436 e. The number of rotatable bonds is 2. The Balaban J connectivity index is 1.64. The molecule has 2 aromatic carbocycles. The van der Waals surface area contributed by atoms with Gasteiger partial charge in [0.1, 0.15) is 5.52 Å². The largest absolute Gasteiger partial charge is 0.436 e. The second-order valence-electron chi connectivity index (χ2n) is 7.40. The Bertz CT molecular complexity index is 857. The van der Waals surface area contributed by atoms with Crippen LogP contribution in [-0.2, 0) is 12.8 Å². The molecule has 0 fully saturated rings. The number of para-hydroxylation sites is 2. The van der Waals surface area contributed by atoms with Crippen LogP contribution in [0, 0.1) is 5.92 Å². The molecular weight excluding hydrogens is 294 g/mol. The summed E-state index contributed by atoms with van der Waals surface area (Å²) >= 11 is 0. The van der Waals surface area contributed by atoms with Gasteiger partial charge in [-0.1, -0.05) is 25.5 Å². The highest BCUT2D eigenvalue weighted by Crippen LogP contribution is 2.47. The molecule has 0 spiro atoms. The van der Waals surface area contributed by atoms with Crippen LogP contribution in [0.5, 0.6) is 0 Å². The molecule has 122 valence electrons. The van der Waals surface area contributed by atoms with Crippen molar-refractivity contribution in [2.45, 2.75) is 51.4 Å². The molecule has 2 aliphatic carbocycles. The van der Waals surface area contributed by atoms with Crippen LogP contribution in [0.4, 0.5) is 0 Å². The van der Waals surface area contributed by atoms with Crippen molar-refractivity contribution in [3.8, 4) is 11.5 Å². The van der Waals surface area contributed by atoms with Crippen LogP contribution in [0.1, 0.15) is 55.2 Å². The fraction of sp³-hybridized carbons (Fsp3) is 0.409. The summed E-state index contributed by atoms with van der Waals surface area (Å²) in [5, 5.41) is 0. The molecule has 24 heavy (non-hydrogen) atoms. The topological polar surface area (TPSA) is 26.0 Å². The van der Waals surface area contributed by atoms with E-state index in [0.717, 1.165) is 34.4 Å². The van der Waals surface area contributed by atoms with Gasteiger partial charge in [-0.15, -0.1) is 0 Å². The van der Waals surface area contributed by atoms with Crippen LogP contribution in [0.25, 0.3) is 22.6 Å². The summed E-state index contributed by atoms with van der Waals surface area (Å²) in [6.45, 7) is 2.36. The maximum atomic E-state index is 6.02. The number of aromatic nitrogens is 1. The second-order valence-corrected chi connectivity index (χ2v) is 7.40. The van der Waals surface area contributed by atoms with E-state index >= 15 is 0 Å². The van der Waals surface area contributed by atoms with Gasteiger partial charge in [0.2, 0.25) is 5.89 Å². The lowest BCUT2D eigenvalue weighted by Gasteiger charge is -2.38. The molecule has 2 atom stereocenters. The Morgan fingerprint density at radius 1 is 1.08 bits per heavy atom. The van der Waals surface area contributed by atoms with E-state index in [1.54, 1.807) is 16.7 Å². The summed E-state index contributed by atoms with van der Waals surface area (Å²) in [6, 6.07) is 12.7. The first-order valence-electron chi connectivity index (χ1n) is 9.35. The number of benzene rings is 2. The van der Waals surface area contributed by atoms with Gasteiger partial charge in [-0.05, 0) is 84.9 Å². The fourth-order valence-corrected chi connectivity index (χ4v) is 4.95. The van der Waals surface area contributed by atoms with Gasteiger partial charge in [0.25, 0.3) is 0 Å². The lowest BCUT2D eigenvalue weighted by Crippen LogP contribution is -2.25. The normalized spacial score (nSPS) is 22.5. The molecule has 0 aliphatic heterocycles. The Morgan fingerprint density at radius 2 is 1.92 bits per heavy atom. The van der Waals surface area contributed by atoms with E-state index in [9.17, 15) is 0 Å². The third-order valence-electron chi connectivity index (χ3n) is 6.10. The molecule has 1 aromatic heterocycles. The molecule has 5 rings (SSSR count). The summed E-state index contributed by atoms with van der Waals surface area (Å²) in [4.78, 5) is 4.71. The first-order chi connectivity index (χ1) is 11.8. The maximum absolute atomic E-state index is 6.02. The molecule has 2 heteroatoms. The molecular formula is C22H23NO. The zero-order chi connectivity index (χ0) is 16.1. The maximum Gasteiger partial charge on any atom is 0.227 e. The highest BCUT2D eigenvalue weighted by atomic mass is 16.3. The van der Waals surface area contributed by atoms with Crippen molar-refractivity contribution < 1.29 is 4.42 Å². The molecule has 3 aromatic rings. The van der Waals surface area contributed by atoms with Gasteiger partial charge in [-0.3, -0.25) is 0 Å². The van der Waals surface area contributed by atoms with Crippen LogP contribution in [0.3, 0.4) is 0 Å². The standard InChI is InChI=1S/C22H23NO/c1-2-14-10-11-16-13-17(12-15-6-5-7-18(14)21(15)16)22-23-19-8-3-4-9-20(19)24-22/h3-4,8-9,12-14,18H,2,5-7,10-11H2,1H3. The number of fused-ring (bicyclic) bond motifs is 1. The Hall–Kier alpha value is -2.09. The fourth-order valence-electron chi connectivity index (χ4n) is 4.95. The van der Waals surface area contributed by atoms with E-state index in [0.29, 0.717) is 0 Å². The van der Waals surface area contributed by atoms with Crippen molar-refractivity contribution in [3.63, 3.8) is 0 Å². The number of hydrogen-bond donors (Lipinski definition) is 0. The third kappa shape index (κ3) is 2.12. The molecule has 0 radical (unpaired) electrons. The monoisotopic (exact) mass is 317 g/mol. The van der Waals surface area contributed by atoms with Gasteiger partial charge in [0, 0.05) is 5.56 Å². The van der Waals surface area contributed by atoms with Gasteiger partial charge >= 0.3 is 0 Å². The minimum absolute atomic E-state index is 0.773. The smallest absolute Gasteiger partial charge is 0.227 e.